The first-order valence-electron chi connectivity index (χ1n) is 5.16. The highest BCUT2D eigenvalue weighted by Crippen LogP contribution is 2.28. The van der Waals surface area contributed by atoms with Crippen LogP contribution in [0.25, 0.3) is 0 Å². The van der Waals surface area contributed by atoms with Crippen LogP contribution >= 0.6 is 0 Å². The summed E-state index contributed by atoms with van der Waals surface area (Å²) in [6.45, 7) is 6.37. The number of aryl methyl sites for hydroxylation is 1. The van der Waals surface area contributed by atoms with Crippen molar-refractivity contribution in [3.05, 3.63) is 29.3 Å². The molecule has 1 N–H and O–H groups in total. The molecule has 1 aromatic carbocycles. The van der Waals surface area contributed by atoms with Gasteiger partial charge in [0.2, 0.25) is 0 Å². The molecule has 0 aliphatic rings. The molecule has 0 aliphatic heterocycles. The van der Waals surface area contributed by atoms with Gasteiger partial charge >= 0.3 is 5.97 Å². The fraction of sp³-hybridized carbons (Fsp3) is 0.417. The van der Waals surface area contributed by atoms with Crippen molar-refractivity contribution in [3.63, 3.8) is 0 Å². The number of carboxylic acid groups (broad SMARTS) is 1. The van der Waals surface area contributed by atoms with Gasteiger partial charge in [-0.1, -0.05) is 11.6 Å². The maximum absolute atomic E-state index is 12.2. The Morgan fingerprint density at radius 1 is 1.24 bits per heavy atom. The number of benzene rings is 1. The minimum Gasteiger partial charge on any atom is -0.478 e. The maximum Gasteiger partial charge on any atom is 0.337 e. The molecule has 0 unspecified atom stereocenters. The highest BCUT2D eigenvalue weighted by molar-refractivity contribution is 7.92. The van der Waals surface area contributed by atoms with E-state index in [1.165, 1.54) is 12.1 Å². The number of sulfone groups is 1. The third-order valence-electron chi connectivity index (χ3n) is 2.46. The molecule has 0 radical (unpaired) electrons. The molecular weight excluding hydrogens is 240 g/mol. The summed E-state index contributed by atoms with van der Waals surface area (Å²) in [5.41, 5.74) is 0.551. The van der Waals surface area contributed by atoms with E-state index in [-0.39, 0.29) is 10.5 Å². The zero-order valence-corrected chi connectivity index (χ0v) is 11.1. The standard InChI is InChI=1S/C12H16O4S/c1-8-5-6-10(9(7-8)11(13)14)17(15,16)12(2,3)4/h5-7H,1-4H3,(H,13,14). The molecule has 1 rings (SSSR count). The van der Waals surface area contributed by atoms with E-state index >= 15 is 0 Å². The van der Waals surface area contributed by atoms with Gasteiger partial charge in [-0.15, -0.1) is 0 Å². The Labute approximate surface area is 101 Å². The molecular formula is C12H16O4S. The van der Waals surface area contributed by atoms with Crippen LogP contribution in [0.5, 0.6) is 0 Å². The fourth-order valence-electron chi connectivity index (χ4n) is 1.38. The Balaban J connectivity index is 3.59. The van der Waals surface area contributed by atoms with Crippen molar-refractivity contribution in [2.45, 2.75) is 37.3 Å². The molecule has 0 atom stereocenters. The normalized spacial score (nSPS) is 12.5. The van der Waals surface area contributed by atoms with E-state index in [0.29, 0.717) is 0 Å². The summed E-state index contributed by atoms with van der Waals surface area (Å²) < 4.78 is 23.4. The number of carbonyl (C=O) groups is 1. The lowest BCUT2D eigenvalue weighted by molar-refractivity contribution is 0.0692. The molecule has 0 spiro atoms. The quantitative estimate of drug-likeness (QED) is 0.881. The molecule has 0 saturated heterocycles. The van der Waals surface area contributed by atoms with Crippen LogP contribution in [0.4, 0.5) is 0 Å². The second-order valence-corrected chi connectivity index (χ2v) is 7.59. The van der Waals surface area contributed by atoms with Crippen molar-refractivity contribution < 1.29 is 18.3 Å². The van der Waals surface area contributed by atoms with Crippen molar-refractivity contribution in [3.8, 4) is 0 Å². The summed E-state index contributed by atoms with van der Waals surface area (Å²) in [6, 6.07) is 4.34. The van der Waals surface area contributed by atoms with Gasteiger partial charge in [-0.2, -0.15) is 0 Å². The lowest BCUT2D eigenvalue weighted by Crippen LogP contribution is -2.29. The van der Waals surface area contributed by atoms with Crippen LogP contribution in [0.1, 0.15) is 36.7 Å². The summed E-state index contributed by atoms with van der Waals surface area (Å²) >= 11 is 0. The smallest absolute Gasteiger partial charge is 0.337 e. The lowest BCUT2D eigenvalue weighted by Gasteiger charge is -2.20. The summed E-state index contributed by atoms with van der Waals surface area (Å²) in [5.74, 6) is -1.23. The van der Waals surface area contributed by atoms with Gasteiger partial charge in [0.05, 0.1) is 15.2 Å². The van der Waals surface area contributed by atoms with Gasteiger partial charge in [-0.25, -0.2) is 13.2 Å². The molecule has 94 valence electrons. The summed E-state index contributed by atoms with van der Waals surface area (Å²) in [5, 5.41) is 9.05. The second-order valence-electron chi connectivity index (χ2n) is 4.92. The first-order valence-corrected chi connectivity index (χ1v) is 6.64. The van der Waals surface area contributed by atoms with E-state index in [1.54, 1.807) is 33.8 Å². The van der Waals surface area contributed by atoms with E-state index in [9.17, 15) is 13.2 Å². The zero-order chi connectivity index (χ0) is 13.4. The summed E-state index contributed by atoms with van der Waals surface area (Å²) in [4.78, 5) is 11.0. The van der Waals surface area contributed by atoms with Crippen molar-refractivity contribution >= 4 is 15.8 Å². The van der Waals surface area contributed by atoms with Gasteiger partial charge in [0.25, 0.3) is 0 Å². The first-order chi connectivity index (χ1) is 7.57. The minimum atomic E-state index is -3.65. The number of hydrogen-bond acceptors (Lipinski definition) is 3. The Bertz CT molecular complexity index is 550. The van der Waals surface area contributed by atoms with Crippen LogP contribution in [-0.4, -0.2) is 24.2 Å². The molecule has 0 bridgehead atoms. The number of aromatic carboxylic acids is 1. The number of rotatable bonds is 2. The molecule has 1 aromatic rings. The van der Waals surface area contributed by atoms with Gasteiger partial charge in [0.1, 0.15) is 0 Å². The van der Waals surface area contributed by atoms with Gasteiger partial charge < -0.3 is 5.11 Å². The van der Waals surface area contributed by atoms with Crippen LogP contribution in [0.3, 0.4) is 0 Å². The van der Waals surface area contributed by atoms with E-state index in [1.807, 2.05) is 0 Å². The first kappa shape index (κ1) is 13.7. The number of hydrogen-bond donors (Lipinski definition) is 1. The SMILES string of the molecule is Cc1ccc(S(=O)(=O)C(C)(C)C)c(C(=O)O)c1. The highest BCUT2D eigenvalue weighted by atomic mass is 32.2. The average Bonchev–Trinajstić information content (AvgIpc) is 2.15. The predicted octanol–water partition coefficient (Wildman–Crippen LogP) is 2.27. The topological polar surface area (TPSA) is 71.4 Å². The fourth-order valence-corrected chi connectivity index (χ4v) is 2.72. The van der Waals surface area contributed by atoms with Crippen LogP contribution < -0.4 is 0 Å². The van der Waals surface area contributed by atoms with Crippen LogP contribution in [0, 0.1) is 6.92 Å². The second kappa shape index (κ2) is 4.14. The van der Waals surface area contributed by atoms with Crippen LogP contribution in [-0.2, 0) is 9.84 Å². The third kappa shape index (κ3) is 2.49. The lowest BCUT2D eigenvalue weighted by atomic mass is 10.1. The van der Waals surface area contributed by atoms with Gasteiger partial charge in [-0.05, 0) is 39.8 Å². The van der Waals surface area contributed by atoms with Crippen molar-refractivity contribution in [2.24, 2.45) is 0 Å². The monoisotopic (exact) mass is 256 g/mol. The predicted molar refractivity (Wildman–Crippen MR) is 65.1 cm³/mol. The molecule has 4 nitrogen and oxygen atoms in total. The van der Waals surface area contributed by atoms with Gasteiger partial charge in [0.15, 0.2) is 9.84 Å². The molecule has 5 heteroatoms. The van der Waals surface area contributed by atoms with E-state index in [0.717, 1.165) is 5.56 Å². The molecule has 0 saturated carbocycles. The van der Waals surface area contributed by atoms with Crippen molar-refractivity contribution in [1.82, 2.24) is 0 Å². The average molecular weight is 256 g/mol. The van der Waals surface area contributed by atoms with Gasteiger partial charge in [-0.3, -0.25) is 0 Å². The summed E-state index contributed by atoms with van der Waals surface area (Å²) in [6.07, 6.45) is 0. The molecule has 0 heterocycles. The molecule has 17 heavy (non-hydrogen) atoms. The Kier molecular flexibility index (Phi) is 3.34. The number of carboxylic acids is 1. The zero-order valence-electron chi connectivity index (χ0n) is 10.3. The third-order valence-corrected chi connectivity index (χ3v) is 5.01. The van der Waals surface area contributed by atoms with Crippen LogP contribution in [0.15, 0.2) is 23.1 Å². The summed E-state index contributed by atoms with van der Waals surface area (Å²) in [7, 11) is -3.65. The maximum atomic E-state index is 12.2. The highest BCUT2D eigenvalue weighted by Gasteiger charge is 2.34. The minimum absolute atomic E-state index is 0.122. The van der Waals surface area contributed by atoms with Gasteiger partial charge in [0, 0.05) is 0 Å². The Morgan fingerprint density at radius 3 is 2.18 bits per heavy atom. The molecule has 0 fully saturated rings. The Hall–Kier alpha value is -1.36. The van der Waals surface area contributed by atoms with Crippen molar-refractivity contribution in [1.29, 1.82) is 0 Å². The van der Waals surface area contributed by atoms with Crippen LogP contribution in [0.2, 0.25) is 0 Å². The molecule has 0 aromatic heterocycles. The van der Waals surface area contributed by atoms with E-state index < -0.39 is 20.6 Å². The Morgan fingerprint density at radius 2 is 1.76 bits per heavy atom. The van der Waals surface area contributed by atoms with E-state index in [2.05, 4.69) is 0 Å². The molecule has 0 amide bonds. The van der Waals surface area contributed by atoms with E-state index in [4.69, 9.17) is 5.11 Å². The molecule has 0 aliphatic carbocycles. The largest absolute Gasteiger partial charge is 0.478 e. The van der Waals surface area contributed by atoms with Crippen molar-refractivity contribution in [2.75, 3.05) is 0 Å².